The molecule has 92 valence electrons. The van der Waals surface area contributed by atoms with Crippen LogP contribution in [0.15, 0.2) is 24.8 Å². The molecule has 0 radical (unpaired) electrons. The summed E-state index contributed by atoms with van der Waals surface area (Å²) in [7, 11) is 0. The molecular formula is C14H18O3. The van der Waals surface area contributed by atoms with Crippen LogP contribution in [0.25, 0.3) is 0 Å². The zero-order chi connectivity index (χ0) is 12.3. The van der Waals surface area contributed by atoms with Crippen LogP contribution in [0.4, 0.5) is 0 Å². The third-order valence-corrected chi connectivity index (χ3v) is 3.03. The standard InChI is InChI=1S/C14H18O3/c1-3-6-16-8-12-7-11-5-4-10(2)14(15)13(11)9-17-12/h3-5,12,15H,1,6-9H2,2H3. The van der Waals surface area contributed by atoms with E-state index in [9.17, 15) is 5.11 Å². The minimum absolute atomic E-state index is 0.0737. The van der Waals surface area contributed by atoms with E-state index in [0.29, 0.717) is 25.6 Å². The molecule has 0 saturated heterocycles. The van der Waals surface area contributed by atoms with Crippen molar-refractivity contribution < 1.29 is 14.6 Å². The third-order valence-electron chi connectivity index (χ3n) is 3.03. The number of hydrogen-bond acceptors (Lipinski definition) is 3. The molecule has 1 aliphatic heterocycles. The lowest BCUT2D eigenvalue weighted by Crippen LogP contribution is -2.27. The molecule has 0 amide bonds. The van der Waals surface area contributed by atoms with Crippen molar-refractivity contribution in [1.82, 2.24) is 0 Å². The number of rotatable bonds is 4. The van der Waals surface area contributed by atoms with Gasteiger partial charge in [0.1, 0.15) is 5.75 Å². The Hall–Kier alpha value is -1.32. The molecule has 0 aromatic heterocycles. The van der Waals surface area contributed by atoms with E-state index in [1.165, 1.54) is 0 Å². The van der Waals surface area contributed by atoms with Gasteiger partial charge < -0.3 is 14.6 Å². The van der Waals surface area contributed by atoms with E-state index in [2.05, 4.69) is 12.6 Å². The number of aryl methyl sites for hydroxylation is 1. The van der Waals surface area contributed by atoms with Crippen LogP contribution in [0.1, 0.15) is 16.7 Å². The summed E-state index contributed by atoms with van der Waals surface area (Å²) >= 11 is 0. The number of ether oxygens (including phenoxy) is 2. The van der Waals surface area contributed by atoms with Crippen LogP contribution in [0.2, 0.25) is 0 Å². The van der Waals surface area contributed by atoms with Gasteiger partial charge in [0.2, 0.25) is 0 Å². The fourth-order valence-electron chi connectivity index (χ4n) is 2.04. The Morgan fingerprint density at radius 3 is 3.18 bits per heavy atom. The summed E-state index contributed by atoms with van der Waals surface area (Å²) < 4.78 is 11.1. The first-order chi connectivity index (χ1) is 8.22. The lowest BCUT2D eigenvalue weighted by atomic mass is 9.96. The molecule has 1 unspecified atom stereocenters. The number of fused-ring (bicyclic) bond motifs is 1. The van der Waals surface area contributed by atoms with E-state index >= 15 is 0 Å². The summed E-state index contributed by atoms with van der Waals surface area (Å²) in [5.41, 5.74) is 2.98. The highest BCUT2D eigenvalue weighted by Crippen LogP contribution is 2.30. The van der Waals surface area contributed by atoms with Gasteiger partial charge in [0.25, 0.3) is 0 Å². The SMILES string of the molecule is C=CCOCC1Cc2ccc(C)c(O)c2CO1. The highest BCUT2D eigenvalue weighted by molar-refractivity contribution is 5.45. The van der Waals surface area contributed by atoms with Gasteiger partial charge in [-0.25, -0.2) is 0 Å². The van der Waals surface area contributed by atoms with E-state index in [0.717, 1.165) is 23.1 Å². The summed E-state index contributed by atoms with van der Waals surface area (Å²) in [6.07, 6.45) is 2.59. The molecule has 1 aromatic carbocycles. The first kappa shape index (κ1) is 12.1. The molecule has 0 saturated carbocycles. The highest BCUT2D eigenvalue weighted by Gasteiger charge is 2.22. The number of aromatic hydroxyl groups is 1. The molecule has 3 heteroatoms. The van der Waals surface area contributed by atoms with Crippen molar-refractivity contribution in [3.63, 3.8) is 0 Å². The van der Waals surface area contributed by atoms with Gasteiger partial charge in [-0.3, -0.25) is 0 Å². The number of hydrogen-bond donors (Lipinski definition) is 1. The van der Waals surface area contributed by atoms with E-state index in [-0.39, 0.29) is 6.10 Å². The Bertz CT molecular complexity index is 412. The van der Waals surface area contributed by atoms with Gasteiger partial charge in [-0.05, 0) is 18.1 Å². The Kier molecular flexibility index (Phi) is 3.82. The molecule has 1 atom stereocenters. The van der Waals surface area contributed by atoms with Crippen molar-refractivity contribution in [2.24, 2.45) is 0 Å². The summed E-state index contributed by atoms with van der Waals surface area (Å²) in [4.78, 5) is 0. The van der Waals surface area contributed by atoms with Crippen LogP contribution in [0, 0.1) is 6.92 Å². The quantitative estimate of drug-likeness (QED) is 0.642. The molecule has 1 N–H and O–H groups in total. The van der Waals surface area contributed by atoms with Crippen LogP contribution < -0.4 is 0 Å². The van der Waals surface area contributed by atoms with E-state index in [1.807, 2.05) is 13.0 Å². The lowest BCUT2D eigenvalue weighted by molar-refractivity contribution is -0.0274. The van der Waals surface area contributed by atoms with Gasteiger partial charge in [-0.15, -0.1) is 6.58 Å². The average molecular weight is 234 g/mol. The van der Waals surface area contributed by atoms with Crippen molar-refractivity contribution in [3.8, 4) is 5.75 Å². The van der Waals surface area contributed by atoms with Crippen LogP contribution in [0.3, 0.4) is 0 Å². The minimum Gasteiger partial charge on any atom is -0.507 e. The second kappa shape index (κ2) is 5.34. The fraction of sp³-hybridized carbons (Fsp3) is 0.429. The molecule has 1 aliphatic rings. The lowest BCUT2D eigenvalue weighted by Gasteiger charge is -2.26. The molecule has 1 heterocycles. The molecular weight excluding hydrogens is 216 g/mol. The van der Waals surface area contributed by atoms with Gasteiger partial charge in [0.05, 0.1) is 25.9 Å². The summed E-state index contributed by atoms with van der Waals surface area (Å²) in [5, 5.41) is 9.92. The molecule has 1 aromatic rings. The maximum absolute atomic E-state index is 9.92. The zero-order valence-electron chi connectivity index (χ0n) is 10.1. The largest absolute Gasteiger partial charge is 0.507 e. The summed E-state index contributed by atoms with van der Waals surface area (Å²) in [5.74, 6) is 0.368. The molecule has 0 aliphatic carbocycles. The van der Waals surface area contributed by atoms with Crippen LogP contribution >= 0.6 is 0 Å². The fourth-order valence-corrected chi connectivity index (χ4v) is 2.04. The Morgan fingerprint density at radius 2 is 2.41 bits per heavy atom. The van der Waals surface area contributed by atoms with Gasteiger partial charge in [0.15, 0.2) is 0 Å². The first-order valence-electron chi connectivity index (χ1n) is 5.83. The van der Waals surface area contributed by atoms with Gasteiger partial charge >= 0.3 is 0 Å². The van der Waals surface area contributed by atoms with Crippen LogP contribution in [-0.2, 0) is 22.5 Å². The van der Waals surface area contributed by atoms with E-state index in [4.69, 9.17) is 9.47 Å². The topological polar surface area (TPSA) is 38.7 Å². The molecule has 3 nitrogen and oxygen atoms in total. The van der Waals surface area contributed by atoms with Crippen molar-refractivity contribution in [2.45, 2.75) is 26.1 Å². The Labute approximate surface area is 102 Å². The van der Waals surface area contributed by atoms with E-state index < -0.39 is 0 Å². The van der Waals surface area contributed by atoms with Crippen molar-refractivity contribution in [3.05, 3.63) is 41.5 Å². The summed E-state index contributed by atoms with van der Waals surface area (Å²) in [6, 6.07) is 4.01. The monoisotopic (exact) mass is 234 g/mol. The first-order valence-corrected chi connectivity index (χ1v) is 5.83. The maximum atomic E-state index is 9.92. The zero-order valence-corrected chi connectivity index (χ0v) is 10.1. The molecule has 2 rings (SSSR count). The molecule has 0 bridgehead atoms. The van der Waals surface area contributed by atoms with Crippen molar-refractivity contribution in [1.29, 1.82) is 0 Å². The second-order valence-electron chi connectivity index (χ2n) is 4.33. The van der Waals surface area contributed by atoms with Gasteiger partial charge in [-0.1, -0.05) is 18.2 Å². The molecule has 17 heavy (non-hydrogen) atoms. The van der Waals surface area contributed by atoms with Gasteiger partial charge in [0, 0.05) is 12.0 Å². The Balaban J connectivity index is 2.04. The van der Waals surface area contributed by atoms with Gasteiger partial charge in [-0.2, -0.15) is 0 Å². The number of phenolic OH excluding ortho intramolecular Hbond substituents is 1. The second-order valence-corrected chi connectivity index (χ2v) is 4.33. The molecule has 0 spiro atoms. The van der Waals surface area contributed by atoms with Crippen molar-refractivity contribution in [2.75, 3.05) is 13.2 Å². The average Bonchev–Trinajstić information content (AvgIpc) is 2.34. The summed E-state index contributed by atoms with van der Waals surface area (Å²) in [6.45, 7) is 7.08. The molecule has 0 fully saturated rings. The van der Waals surface area contributed by atoms with Crippen LogP contribution in [0.5, 0.6) is 5.75 Å². The van der Waals surface area contributed by atoms with Crippen LogP contribution in [-0.4, -0.2) is 24.4 Å². The predicted octanol–water partition coefficient (Wildman–Crippen LogP) is 2.34. The van der Waals surface area contributed by atoms with Crippen molar-refractivity contribution >= 4 is 0 Å². The smallest absolute Gasteiger partial charge is 0.124 e. The normalized spacial score (nSPS) is 18.8. The predicted molar refractivity (Wildman–Crippen MR) is 66.1 cm³/mol. The maximum Gasteiger partial charge on any atom is 0.124 e. The Morgan fingerprint density at radius 1 is 1.59 bits per heavy atom. The number of phenols is 1. The third kappa shape index (κ3) is 2.68. The number of benzene rings is 1. The highest BCUT2D eigenvalue weighted by atomic mass is 16.5. The minimum atomic E-state index is 0.0737. The van der Waals surface area contributed by atoms with E-state index in [1.54, 1.807) is 6.08 Å².